The lowest BCUT2D eigenvalue weighted by Gasteiger charge is -2.10. The molecule has 0 unspecified atom stereocenters. The van der Waals surface area contributed by atoms with Crippen LogP contribution in [0.2, 0.25) is 0 Å². The molecule has 0 aromatic heterocycles. The number of unbranched alkanes of at least 4 members (excludes halogenated alkanes) is 1. The Kier molecular flexibility index (Phi) is 5.94. The van der Waals surface area contributed by atoms with Gasteiger partial charge in [0.25, 0.3) is 0 Å². The molecule has 1 aromatic rings. The van der Waals surface area contributed by atoms with E-state index in [-0.39, 0.29) is 0 Å². The van der Waals surface area contributed by atoms with E-state index < -0.39 is 0 Å². The van der Waals surface area contributed by atoms with Crippen molar-refractivity contribution >= 4 is 22.9 Å². The highest BCUT2D eigenvalue weighted by atomic mass is 32.1. The third-order valence-corrected chi connectivity index (χ3v) is 2.77. The molecule has 3 nitrogen and oxygen atoms in total. The van der Waals surface area contributed by atoms with Crippen molar-refractivity contribution in [2.45, 2.75) is 12.8 Å². The normalized spacial score (nSPS) is 10.5. The van der Waals surface area contributed by atoms with E-state index in [1.54, 1.807) is 0 Å². The van der Waals surface area contributed by atoms with Crippen molar-refractivity contribution in [1.82, 2.24) is 4.90 Å². The van der Waals surface area contributed by atoms with Gasteiger partial charge in [-0.25, -0.2) is 0 Å². The second-order valence-electron chi connectivity index (χ2n) is 4.38. The monoisotopic (exact) mass is 251 g/mol. The van der Waals surface area contributed by atoms with E-state index in [1.807, 2.05) is 24.3 Å². The predicted molar refractivity (Wildman–Crippen MR) is 78.6 cm³/mol. The van der Waals surface area contributed by atoms with Gasteiger partial charge in [0.05, 0.1) is 0 Å². The molecule has 0 aliphatic heterocycles. The second kappa shape index (κ2) is 7.25. The van der Waals surface area contributed by atoms with Crippen LogP contribution in [0.3, 0.4) is 0 Å². The lowest BCUT2D eigenvalue weighted by Crippen LogP contribution is -2.14. The first-order valence-corrected chi connectivity index (χ1v) is 6.29. The van der Waals surface area contributed by atoms with Crippen molar-refractivity contribution in [3.63, 3.8) is 0 Å². The van der Waals surface area contributed by atoms with Gasteiger partial charge in [-0.05, 0) is 57.7 Å². The summed E-state index contributed by atoms with van der Waals surface area (Å²) in [5.41, 5.74) is 7.57. The highest BCUT2D eigenvalue weighted by Crippen LogP contribution is 2.09. The van der Waals surface area contributed by atoms with Gasteiger partial charge in [-0.1, -0.05) is 12.2 Å². The van der Waals surface area contributed by atoms with Gasteiger partial charge in [0.15, 0.2) is 0 Å². The van der Waals surface area contributed by atoms with Crippen molar-refractivity contribution in [2.24, 2.45) is 5.73 Å². The fourth-order valence-electron chi connectivity index (χ4n) is 1.54. The molecule has 0 atom stereocenters. The Balaban J connectivity index is 2.25. The van der Waals surface area contributed by atoms with E-state index in [2.05, 4.69) is 24.3 Å². The summed E-state index contributed by atoms with van der Waals surface area (Å²) in [5.74, 6) is 0. The fourth-order valence-corrected chi connectivity index (χ4v) is 1.67. The topological polar surface area (TPSA) is 41.3 Å². The van der Waals surface area contributed by atoms with Crippen LogP contribution < -0.4 is 11.1 Å². The van der Waals surface area contributed by atoms with Gasteiger partial charge in [0.2, 0.25) is 0 Å². The summed E-state index contributed by atoms with van der Waals surface area (Å²) in [7, 11) is 4.20. The van der Waals surface area contributed by atoms with Crippen LogP contribution in [0.5, 0.6) is 0 Å². The molecule has 3 N–H and O–H groups in total. The quantitative estimate of drug-likeness (QED) is 0.575. The van der Waals surface area contributed by atoms with E-state index in [9.17, 15) is 0 Å². The molecule has 0 radical (unpaired) electrons. The minimum absolute atomic E-state index is 0.447. The zero-order valence-corrected chi connectivity index (χ0v) is 11.4. The van der Waals surface area contributed by atoms with Crippen LogP contribution in [-0.4, -0.2) is 37.1 Å². The van der Waals surface area contributed by atoms with Crippen LogP contribution in [0.4, 0.5) is 5.69 Å². The first-order chi connectivity index (χ1) is 8.09. The third-order valence-electron chi connectivity index (χ3n) is 2.53. The van der Waals surface area contributed by atoms with Crippen LogP contribution in [0.1, 0.15) is 18.4 Å². The number of rotatable bonds is 7. The molecule has 0 amide bonds. The standard InChI is InChI=1S/C13H21N3S/c1-16(2)10-4-3-9-15-12-7-5-11(6-8-12)13(14)17/h5-8,15H,3-4,9-10H2,1-2H3,(H2,14,17). The molecule has 94 valence electrons. The van der Waals surface area contributed by atoms with Gasteiger partial charge in [-0.3, -0.25) is 0 Å². The van der Waals surface area contributed by atoms with Crippen molar-refractivity contribution < 1.29 is 0 Å². The Bertz CT molecular complexity index is 346. The van der Waals surface area contributed by atoms with E-state index in [0.29, 0.717) is 4.99 Å². The molecule has 1 aromatic carbocycles. The summed E-state index contributed by atoms with van der Waals surface area (Å²) in [6.45, 7) is 2.14. The van der Waals surface area contributed by atoms with Gasteiger partial charge in [-0.15, -0.1) is 0 Å². The lowest BCUT2D eigenvalue weighted by molar-refractivity contribution is 0.396. The molecule has 0 spiro atoms. The van der Waals surface area contributed by atoms with E-state index in [0.717, 1.165) is 24.3 Å². The molecule has 0 saturated carbocycles. The number of hydrogen-bond acceptors (Lipinski definition) is 3. The predicted octanol–water partition coefficient (Wildman–Crippen LogP) is 2.07. The summed E-state index contributed by atoms with van der Waals surface area (Å²) in [5, 5.41) is 3.38. The van der Waals surface area contributed by atoms with Crippen molar-refractivity contribution in [2.75, 3.05) is 32.5 Å². The van der Waals surface area contributed by atoms with Crippen LogP contribution in [0, 0.1) is 0 Å². The van der Waals surface area contributed by atoms with Crippen molar-refractivity contribution in [1.29, 1.82) is 0 Å². The molecule has 1 rings (SSSR count). The average Bonchev–Trinajstić information content (AvgIpc) is 2.29. The summed E-state index contributed by atoms with van der Waals surface area (Å²) >= 11 is 4.90. The Labute approximate surface area is 109 Å². The Hall–Kier alpha value is -1.13. The summed E-state index contributed by atoms with van der Waals surface area (Å²) in [4.78, 5) is 2.65. The molecular formula is C13H21N3S. The van der Waals surface area contributed by atoms with Crippen molar-refractivity contribution in [3.8, 4) is 0 Å². The second-order valence-corrected chi connectivity index (χ2v) is 4.82. The molecule has 4 heteroatoms. The SMILES string of the molecule is CN(C)CCCCNc1ccc(C(N)=S)cc1. The number of nitrogens with one attached hydrogen (secondary N) is 1. The van der Waals surface area contributed by atoms with E-state index >= 15 is 0 Å². The largest absolute Gasteiger partial charge is 0.389 e. The molecule has 0 fully saturated rings. The van der Waals surface area contributed by atoms with Crippen LogP contribution in [0.15, 0.2) is 24.3 Å². The molecule has 0 saturated heterocycles. The van der Waals surface area contributed by atoms with Crippen LogP contribution in [0.25, 0.3) is 0 Å². The number of thiocarbonyl (C=S) groups is 1. The maximum Gasteiger partial charge on any atom is 0.103 e. The molecule has 17 heavy (non-hydrogen) atoms. The Morgan fingerprint density at radius 2 is 1.88 bits per heavy atom. The molecule has 0 bridgehead atoms. The lowest BCUT2D eigenvalue weighted by atomic mass is 10.2. The summed E-state index contributed by atoms with van der Waals surface area (Å²) in [6.07, 6.45) is 2.39. The zero-order valence-electron chi connectivity index (χ0n) is 10.6. The molecule has 0 heterocycles. The number of benzene rings is 1. The number of hydrogen-bond donors (Lipinski definition) is 2. The number of nitrogens with zero attached hydrogens (tertiary/aromatic N) is 1. The fraction of sp³-hybridized carbons (Fsp3) is 0.462. The van der Waals surface area contributed by atoms with Gasteiger partial charge in [0.1, 0.15) is 4.99 Å². The first-order valence-electron chi connectivity index (χ1n) is 5.88. The van der Waals surface area contributed by atoms with Gasteiger partial charge >= 0.3 is 0 Å². The van der Waals surface area contributed by atoms with Crippen molar-refractivity contribution in [3.05, 3.63) is 29.8 Å². The van der Waals surface area contributed by atoms with Gasteiger partial charge in [0, 0.05) is 17.8 Å². The highest BCUT2D eigenvalue weighted by molar-refractivity contribution is 7.80. The van der Waals surface area contributed by atoms with E-state index in [4.69, 9.17) is 18.0 Å². The Morgan fingerprint density at radius 3 is 2.41 bits per heavy atom. The zero-order chi connectivity index (χ0) is 12.7. The van der Waals surface area contributed by atoms with Crippen LogP contribution in [-0.2, 0) is 0 Å². The smallest absolute Gasteiger partial charge is 0.103 e. The number of anilines is 1. The highest BCUT2D eigenvalue weighted by Gasteiger charge is 1.96. The molecular weight excluding hydrogens is 230 g/mol. The first kappa shape index (κ1) is 13.9. The minimum atomic E-state index is 0.447. The Morgan fingerprint density at radius 1 is 1.24 bits per heavy atom. The average molecular weight is 251 g/mol. The van der Waals surface area contributed by atoms with Gasteiger partial charge in [-0.2, -0.15) is 0 Å². The summed E-state index contributed by atoms with van der Waals surface area (Å²) < 4.78 is 0. The maximum absolute atomic E-state index is 5.54. The van der Waals surface area contributed by atoms with E-state index in [1.165, 1.54) is 12.8 Å². The molecule has 0 aliphatic rings. The van der Waals surface area contributed by atoms with Gasteiger partial charge < -0.3 is 16.0 Å². The molecule has 0 aliphatic carbocycles. The van der Waals surface area contributed by atoms with Crippen LogP contribution >= 0.6 is 12.2 Å². The third kappa shape index (κ3) is 5.65. The maximum atomic E-state index is 5.54. The minimum Gasteiger partial charge on any atom is -0.389 e. The summed E-state index contributed by atoms with van der Waals surface area (Å²) in [6, 6.07) is 7.93. The number of nitrogens with two attached hydrogens (primary N) is 1.